The number of hydrogen-bond acceptors (Lipinski definition) is 5. The third-order valence-electron chi connectivity index (χ3n) is 3.13. The molecule has 0 spiro atoms. The molecule has 23 heavy (non-hydrogen) atoms. The molecule has 0 unspecified atom stereocenters. The molecule has 0 aliphatic carbocycles. The van der Waals surface area contributed by atoms with Crippen molar-refractivity contribution in [3.8, 4) is 17.2 Å². The molecule has 120 valence electrons. The Balaban J connectivity index is 1.90. The Morgan fingerprint density at radius 2 is 1.91 bits per heavy atom. The van der Waals surface area contributed by atoms with Gasteiger partial charge in [-0.25, -0.2) is 5.43 Å². The number of amides is 1. The number of nitrogens with zero attached hydrogens (tertiary/aromatic N) is 1. The largest absolute Gasteiger partial charge is 0.504 e. The summed E-state index contributed by atoms with van der Waals surface area (Å²) < 4.78 is 10.1. The second-order valence-electron chi connectivity index (χ2n) is 4.75. The van der Waals surface area contributed by atoms with Crippen molar-refractivity contribution < 1.29 is 19.4 Å². The zero-order chi connectivity index (χ0) is 16.7. The van der Waals surface area contributed by atoms with Crippen LogP contribution >= 0.6 is 0 Å². The molecule has 0 fully saturated rings. The lowest BCUT2D eigenvalue weighted by Crippen LogP contribution is -2.19. The highest BCUT2D eigenvalue weighted by molar-refractivity contribution is 5.84. The number of carbonyl (C=O) groups is 1. The molecule has 0 saturated carbocycles. The van der Waals surface area contributed by atoms with Crippen LogP contribution in [0.2, 0.25) is 0 Å². The molecule has 0 aromatic heterocycles. The summed E-state index contributed by atoms with van der Waals surface area (Å²) in [5, 5.41) is 13.4. The third-order valence-corrected chi connectivity index (χ3v) is 3.13. The topological polar surface area (TPSA) is 80.2 Å². The summed E-state index contributed by atoms with van der Waals surface area (Å²) in [4.78, 5) is 11.8. The minimum Gasteiger partial charge on any atom is -0.504 e. The molecule has 0 radical (unpaired) electrons. The predicted octanol–water partition coefficient (Wildman–Crippen LogP) is 2.10. The van der Waals surface area contributed by atoms with Gasteiger partial charge in [-0.15, -0.1) is 0 Å². The molecule has 1 amide bonds. The fraction of sp³-hybridized carbons (Fsp3) is 0.176. The number of hydrazone groups is 1. The predicted molar refractivity (Wildman–Crippen MR) is 87.1 cm³/mol. The van der Waals surface area contributed by atoms with Gasteiger partial charge in [0.05, 0.1) is 26.9 Å². The number of carbonyl (C=O) groups excluding carboxylic acids is 1. The monoisotopic (exact) mass is 314 g/mol. The number of phenolic OH excluding ortho intramolecular Hbond substituents is 1. The summed E-state index contributed by atoms with van der Waals surface area (Å²) in [5.74, 6) is 0.914. The Bertz CT molecular complexity index is 696. The Kier molecular flexibility index (Phi) is 5.57. The van der Waals surface area contributed by atoms with Gasteiger partial charge in [0.2, 0.25) is 5.91 Å². The van der Waals surface area contributed by atoms with Gasteiger partial charge in [-0.1, -0.05) is 12.1 Å². The van der Waals surface area contributed by atoms with Crippen LogP contribution in [0.4, 0.5) is 0 Å². The van der Waals surface area contributed by atoms with Crippen LogP contribution in [0.15, 0.2) is 47.6 Å². The van der Waals surface area contributed by atoms with Gasteiger partial charge in [0.1, 0.15) is 5.75 Å². The average molecular weight is 314 g/mol. The molecule has 2 rings (SSSR count). The van der Waals surface area contributed by atoms with Gasteiger partial charge in [-0.05, 0) is 41.5 Å². The maximum absolute atomic E-state index is 11.8. The Morgan fingerprint density at radius 3 is 2.57 bits per heavy atom. The van der Waals surface area contributed by atoms with Gasteiger partial charge in [0, 0.05) is 0 Å². The highest BCUT2D eigenvalue weighted by atomic mass is 16.5. The Hall–Kier alpha value is -3.02. The molecule has 6 heteroatoms. The van der Waals surface area contributed by atoms with Gasteiger partial charge in [-0.2, -0.15) is 5.10 Å². The number of benzene rings is 2. The summed E-state index contributed by atoms with van der Waals surface area (Å²) in [7, 11) is 3.06. The Morgan fingerprint density at radius 1 is 1.17 bits per heavy atom. The highest BCUT2D eigenvalue weighted by Gasteiger charge is 2.03. The lowest BCUT2D eigenvalue weighted by atomic mass is 10.1. The quantitative estimate of drug-likeness (QED) is 0.632. The van der Waals surface area contributed by atoms with Crippen molar-refractivity contribution in [1.29, 1.82) is 0 Å². The first-order valence-electron chi connectivity index (χ1n) is 6.94. The van der Waals surface area contributed by atoms with E-state index in [0.29, 0.717) is 11.3 Å². The number of nitrogens with one attached hydrogen (secondary N) is 1. The standard InChI is InChI=1S/C17H18N2O4/c1-22-14-6-3-12(4-7-14)10-17(21)19-18-11-13-5-8-15(20)16(9-13)23-2/h3-9,11,20H,10H2,1-2H3,(H,19,21). The zero-order valence-electron chi connectivity index (χ0n) is 12.9. The number of ether oxygens (including phenoxy) is 2. The minimum absolute atomic E-state index is 0.0493. The maximum Gasteiger partial charge on any atom is 0.244 e. The third kappa shape index (κ3) is 4.74. The summed E-state index contributed by atoms with van der Waals surface area (Å²) in [6, 6.07) is 12.0. The van der Waals surface area contributed by atoms with E-state index in [1.165, 1.54) is 19.4 Å². The molecular weight excluding hydrogens is 296 g/mol. The fourth-order valence-electron chi connectivity index (χ4n) is 1.92. The normalized spacial score (nSPS) is 10.5. The first-order valence-corrected chi connectivity index (χ1v) is 6.94. The van der Waals surface area contributed by atoms with E-state index in [2.05, 4.69) is 10.5 Å². The number of methoxy groups -OCH3 is 2. The smallest absolute Gasteiger partial charge is 0.244 e. The first-order chi connectivity index (χ1) is 11.1. The van der Waals surface area contributed by atoms with Crippen LogP contribution < -0.4 is 14.9 Å². The summed E-state index contributed by atoms with van der Waals surface area (Å²) >= 11 is 0. The molecular formula is C17H18N2O4. The van der Waals surface area contributed by atoms with Crippen molar-refractivity contribution >= 4 is 12.1 Å². The molecule has 0 aliphatic heterocycles. The van der Waals surface area contributed by atoms with E-state index in [9.17, 15) is 9.90 Å². The second-order valence-corrected chi connectivity index (χ2v) is 4.75. The van der Waals surface area contributed by atoms with Crippen LogP contribution in [0.5, 0.6) is 17.2 Å². The van der Waals surface area contributed by atoms with Gasteiger partial charge in [0.25, 0.3) is 0 Å². The van der Waals surface area contributed by atoms with Crippen molar-refractivity contribution in [2.45, 2.75) is 6.42 Å². The average Bonchev–Trinajstić information content (AvgIpc) is 2.57. The van der Waals surface area contributed by atoms with Crippen LogP contribution in [0.3, 0.4) is 0 Å². The number of phenols is 1. The zero-order valence-corrected chi connectivity index (χ0v) is 12.9. The van der Waals surface area contributed by atoms with Crippen molar-refractivity contribution in [1.82, 2.24) is 5.43 Å². The Labute approximate surface area is 134 Å². The minimum atomic E-state index is -0.225. The molecule has 0 atom stereocenters. The van der Waals surface area contributed by atoms with Crippen molar-refractivity contribution in [2.75, 3.05) is 14.2 Å². The summed E-state index contributed by atoms with van der Waals surface area (Å²) in [6.07, 6.45) is 1.70. The molecule has 2 aromatic rings. The van der Waals surface area contributed by atoms with E-state index >= 15 is 0 Å². The fourth-order valence-corrected chi connectivity index (χ4v) is 1.92. The lowest BCUT2D eigenvalue weighted by Gasteiger charge is -2.04. The van der Waals surface area contributed by atoms with Gasteiger partial charge in [0.15, 0.2) is 11.5 Å². The molecule has 0 saturated heterocycles. The molecule has 0 heterocycles. The van der Waals surface area contributed by atoms with E-state index in [1.54, 1.807) is 31.4 Å². The van der Waals surface area contributed by atoms with E-state index in [1.807, 2.05) is 12.1 Å². The SMILES string of the molecule is COc1ccc(CC(=O)NN=Cc2ccc(O)c(OC)c2)cc1. The van der Waals surface area contributed by atoms with E-state index < -0.39 is 0 Å². The van der Waals surface area contributed by atoms with Crippen LogP contribution in [-0.4, -0.2) is 31.4 Å². The van der Waals surface area contributed by atoms with E-state index in [4.69, 9.17) is 9.47 Å². The van der Waals surface area contributed by atoms with E-state index in [-0.39, 0.29) is 18.1 Å². The summed E-state index contributed by atoms with van der Waals surface area (Å²) in [6.45, 7) is 0. The first kappa shape index (κ1) is 16.4. The van der Waals surface area contributed by atoms with Crippen LogP contribution in [0.25, 0.3) is 0 Å². The van der Waals surface area contributed by atoms with Crippen LogP contribution in [0.1, 0.15) is 11.1 Å². The van der Waals surface area contributed by atoms with Gasteiger partial charge in [-0.3, -0.25) is 4.79 Å². The van der Waals surface area contributed by atoms with E-state index in [0.717, 1.165) is 11.3 Å². The number of hydrogen-bond donors (Lipinski definition) is 2. The van der Waals surface area contributed by atoms with Crippen molar-refractivity contribution in [2.24, 2.45) is 5.10 Å². The molecule has 6 nitrogen and oxygen atoms in total. The molecule has 2 aromatic carbocycles. The van der Waals surface area contributed by atoms with Gasteiger partial charge >= 0.3 is 0 Å². The maximum atomic E-state index is 11.8. The molecule has 0 bridgehead atoms. The molecule has 2 N–H and O–H groups in total. The summed E-state index contributed by atoms with van der Waals surface area (Å²) in [5.41, 5.74) is 4.02. The number of aromatic hydroxyl groups is 1. The second kappa shape index (κ2) is 7.84. The highest BCUT2D eigenvalue weighted by Crippen LogP contribution is 2.25. The van der Waals surface area contributed by atoms with Crippen LogP contribution in [0, 0.1) is 0 Å². The van der Waals surface area contributed by atoms with Crippen LogP contribution in [-0.2, 0) is 11.2 Å². The number of rotatable bonds is 6. The lowest BCUT2D eigenvalue weighted by molar-refractivity contribution is -0.120. The van der Waals surface area contributed by atoms with Crippen molar-refractivity contribution in [3.05, 3.63) is 53.6 Å². The van der Waals surface area contributed by atoms with Crippen molar-refractivity contribution in [3.63, 3.8) is 0 Å². The molecule has 0 aliphatic rings. The van der Waals surface area contributed by atoms with Gasteiger partial charge < -0.3 is 14.6 Å².